The molecule has 0 atom stereocenters. The van der Waals surface area contributed by atoms with E-state index in [2.05, 4.69) is 33.0 Å². The van der Waals surface area contributed by atoms with Gasteiger partial charge in [0.05, 0.1) is 22.9 Å². The number of H-pyrrole nitrogens is 1. The number of imidazole rings is 1. The van der Waals surface area contributed by atoms with Crippen LogP contribution in [0.1, 0.15) is 27.8 Å². The van der Waals surface area contributed by atoms with Crippen molar-refractivity contribution in [2.24, 2.45) is 5.92 Å². The normalized spacial score (nSPS) is 18.4. The zero-order chi connectivity index (χ0) is 21.4. The van der Waals surface area contributed by atoms with E-state index in [1.165, 1.54) is 0 Å². The van der Waals surface area contributed by atoms with Crippen LogP contribution in [0.3, 0.4) is 0 Å². The van der Waals surface area contributed by atoms with Crippen molar-refractivity contribution in [1.29, 1.82) is 0 Å². The van der Waals surface area contributed by atoms with Gasteiger partial charge in [-0.05, 0) is 57.1 Å². The molecule has 8 heteroatoms. The van der Waals surface area contributed by atoms with E-state index >= 15 is 0 Å². The Balaban J connectivity index is 0.00000153. The number of fused-ring (bicyclic) bond motifs is 1. The summed E-state index contributed by atoms with van der Waals surface area (Å²) in [7, 11) is 2.11. The fourth-order valence-electron chi connectivity index (χ4n) is 4.41. The van der Waals surface area contributed by atoms with Crippen molar-refractivity contribution < 1.29 is 7.65 Å². The highest BCUT2D eigenvalue weighted by Crippen LogP contribution is 2.28. The van der Waals surface area contributed by atoms with E-state index in [0.29, 0.717) is 30.4 Å². The Morgan fingerprint density at radius 3 is 2.74 bits per heavy atom. The van der Waals surface area contributed by atoms with Crippen LogP contribution in [-0.2, 0) is 4.79 Å². The highest BCUT2D eigenvalue weighted by atomic mass is 16.2. The Labute approximate surface area is 184 Å². The van der Waals surface area contributed by atoms with Gasteiger partial charge in [-0.25, -0.2) is 15.0 Å². The summed E-state index contributed by atoms with van der Waals surface area (Å²) in [6.07, 6.45) is 6.47. The summed E-state index contributed by atoms with van der Waals surface area (Å²) in [4.78, 5) is 34.2. The van der Waals surface area contributed by atoms with Crippen LogP contribution in [0.4, 0.5) is 5.82 Å². The Kier molecular flexibility index (Phi) is 5.15. The second kappa shape index (κ2) is 8.11. The van der Waals surface area contributed by atoms with Crippen LogP contribution in [0, 0.1) is 5.92 Å². The maximum Gasteiger partial charge on any atom is 0.226 e. The molecule has 3 aromatic rings. The molecule has 1 aromatic carbocycles. The molecule has 0 unspecified atom stereocenters. The smallest absolute Gasteiger partial charge is 0.226 e. The van der Waals surface area contributed by atoms with E-state index in [-0.39, 0.29) is 14.7 Å². The highest BCUT2D eigenvalue weighted by molar-refractivity contribution is 5.82. The van der Waals surface area contributed by atoms with Gasteiger partial charge in [0.1, 0.15) is 5.69 Å². The number of piperidine rings is 1. The number of amides is 1. The van der Waals surface area contributed by atoms with Crippen molar-refractivity contribution >= 4 is 28.3 Å². The predicted octanol–water partition coefficient (Wildman–Crippen LogP) is 3.05. The maximum atomic E-state index is 12.9. The van der Waals surface area contributed by atoms with E-state index < -0.39 is 0 Å². The van der Waals surface area contributed by atoms with E-state index in [1.54, 1.807) is 6.20 Å². The summed E-state index contributed by atoms with van der Waals surface area (Å²) in [5.41, 5.74) is 10.4. The third kappa shape index (κ3) is 3.90. The van der Waals surface area contributed by atoms with Gasteiger partial charge in [-0.15, -0.1) is 0 Å². The molecule has 4 heterocycles. The number of likely N-dealkylation sites (tertiary alicyclic amines) is 1. The van der Waals surface area contributed by atoms with Crippen molar-refractivity contribution in [1.82, 2.24) is 29.7 Å². The van der Waals surface area contributed by atoms with Crippen molar-refractivity contribution in [2.45, 2.75) is 19.3 Å². The van der Waals surface area contributed by atoms with E-state index in [9.17, 15) is 4.79 Å². The molecule has 0 bridgehead atoms. The standard InChI is InChI=1S/C23H27N7O.2H2/c1-29-10-6-16(7-11-29)23(31)30-12-8-15(9-13-30)19-14-25-21(24)20(26-19)22-27-17-4-2-3-5-18(17)28-22;;/h2-5,8,14,16H,6-7,9-13H2,1H3,(H2,24,25)(H,27,28);2*1H. The molecule has 3 N–H and O–H groups in total. The molecule has 5 rings (SSSR count). The zero-order valence-corrected chi connectivity index (χ0v) is 17.7. The highest BCUT2D eigenvalue weighted by Gasteiger charge is 2.28. The van der Waals surface area contributed by atoms with Crippen LogP contribution in [0.15, 0.2) is 36.5 Å². The second-order valence-electron chi connectivity index (χ2n) is 8.43. The van der Waals surface area contributed by atoms with Gasteiger partial charge in [0.15, 0.2) is 11.6 Å². The number of nitrogens with one attached hydrogen (secondary N) is 1. The molecule has 0 radical (unpaired) electrons. The Hall–Kier alpha value is -3.26. The monoisotopic (exact) mass is 421 g/mol. The number of aromatic amines is 1. The fraction of sp³-hybridized carbons (Fsp3) is 0.391. The number of anilines is 1. The fourth-order valence-corrected chi connectivity index (χ4v) is 4.41. The Morgan fingerprint density at radius 1 is 1.19 bits per heavy atom. The molecular formula is C23H31N7O. The molecule has 2 aromatic heterocycles. The number of para-hydroxylation sites is 2. The molecular weight excluding hydrogens is 390 g/mol. The first-order valence-electron chi connectivity index (χ1n) is 10.8. The largest absolute Gasteiger partial charge is 0.382 e. The predicted molar refractivity (Wildman–Crippen MR) is 125 cm³/mol. The number of benzene rings is 1. The number of rotatable bonds is 3. The molecule has 31 heavy (non-hydrogen) atoms. The van der Waals surface area contributed by atoms with Crippen molar-refractivity contribution in [3.8, 4) is 11.5 Å². The second-order valence-corrected chi connectivity index (χ2v) is 8.43. The number of nitrogen functional groups attached to an aromatic ring is 1. The van der Waals surface area contributed by atoms with E-state index in [0.717, 1.165) is 54.7 Å². The number of carbonyl (C=O) groups excluding carboxylic acids is 1. The quantitative estimate of drug-likeness (QED) is 0.674. The van der Waals surface area contributed by atoms with Gasteiger partial charge in [0.25, 0.3) is 0 Å². The third-order valence-corrected chi connectivity index (χ3v) is 6.33. The lowest BCUT2D eigenvalue weighted by molar-refractivity contribution is -0.136. The summed E-state index contributed by atoms with van der Waals surface area (Å²) in [6.45, 7) is 3.32. The molecule has 1 amide bonds. The van der Waals surface area contributed by atoms with Crippen LogP contribution in [0.5, 0.6) is 0 Å². The molecule has 0 saturated carbocycles. The van der Waals surface area contributed by atoms with Crippen LogP contribution < -0.4 is 5.73 Å². The lowest BCUT2D eigenvalue weighted by Crippen LogP contribution is -2.43. The summed E-state index contributed by atoms with van der Waals surface area (Å²) in [5.74, 6) is 1.40. The summed E-state index contributed by atoms with van der Waals surface area (Å²) < 4.78 is 0. The van der Waals surface area contributed by atoms with Crippen LogP contribution in [0.2, 0.25) is 0 Å². The number of aromatic nitrogens is 4. The molecule has 2 aliphatic rings. The topological polar surface area (TPSA) is 104 Å². The summed E-state index contributed by atoms with van der Waals surface area (Å²) in [6, 6.07) is 7.83. The first-order valence-corrected chi connectivity index (χ1v) is 10.8. The Morgan fingerprint density at radius 2 is 2.00 bits per heavy atom. The minimum atomic E-state index is 0. The van der Waals surface area contributed by atoms with Gasteiger partial charge in [-0.3, -0.25) is 4.79 Å². The van der Waals surface area contributed by atoms with Crippen molar-refractivity contribution in [3.63, 3.8) is 0 Å². The minimum absolute atomic E-state index is 0. The third-order valence-electron chi connectivity index (χ3n) is 6.33. The average Bonchev–Trinajstić information content (AvgIpc) is 3.24. The van der Waals surface area contributed by atoms with Crippen LogP contribution in [-0.4, -0.2) is 68.9 Å². The lowest BCUT2D eigenvalue weighted by Gasteiger charge is -2.33. The Bertz CT molecular complexity index is 1120. The van der Waals surface area contributed by atoms with E-state index in [1.807, 2.05) is 29.2 Å². The number of hydrogen-bond donors (Lipinski definition) is 2. The molecule has 1 saturated heterocycles. The van der Waals surface area contributed by atoms with Gasteiger partial charge in [-0.2, -0.15) is 0 Å². The number of hydrogen-bond acceptors (Lipinski definition) is 6. The average molecular weight is 422 g/mol. The van der Waals surface area contributed by atoms with Gasteiger partial charge in [0.2, 0.25) is 5.91 Å². The number of carbonyl (C=O) groups is 1. The molecule has 2 aliphatic heterocycles. The SMILES string of the molecule is CN1CCC(C(=O)N2CC=C(c3cnc(N)c(-c4nc5ccccc5[nH]4)n3)CC2)CC1.[HH].[HH]. The maximum absolute atomic E-state index is 12.9. The first-order chi connectivity index (χ1) is 15.1. The number of nitrogens with zero attached hydrogens (tertiary/aromatic N) is 5. The minimum Gasteiger partial charge on any atom is -0.382 e. The van der Waals surface area contributed by atoms with Gasteiger partial charge in [-0.1, -0.05) is 18.2 Å². The van der Waals surface area contributed by atoms with Crippen molar-refractivity contribution in [3.05, 3.63) is 42.2 Å². The van der Waals surface area contributed by atoms with Crippen LogP contribution >= 0.6 is 0 Å². The van der Waals surface area contributed by atoms with Gasteiger partial charge >= 0.3 is 0 Å². The lowest BCUT2D eigenvalue weighted by atomic mass is 9.94. The summed E-state index contributed by atoms with van der Waals surface area (Å²) >= 11 is 0. The molecule has 1 fully saturated rings. The zero-order valence-electron chi connectivity index (χ0n) is 17.7. The molecule has 8 nitrogen and oxygen atoms in total. The summed E-state index contributed by atoms with van der Waals surface area (Å²) in [5, 5.41) is 0. The van der Waals surface area contributed by atoms with Gasteiger partial charge < -0.3 is 20.5 Å². The molecule has 164 valence electrons. The molecule has 0 aliphatic carbocycles. The van der Waals surface area contributed by atoms with Crippen molar-refractivity contribution in [2.75, 3.05) is 39.0 Å². The van der Waals surface area contributed by atoms with Gasteiger partial charge in [0, 0.05) is 21.9 Å². The molecule has 0 spiro atoms. The number of nitrogens with two attached hydrogens (primary N) is 1. The van der Waals surface area contributed by atoms with E-state index in [4.69, 9.17) is 10.7 Å². The first kappa shape index (κ1) is 19.7. The van der Waals surface area contributed by atoms with Crippen LogP contribution in [0.25, 0.3) is 28.1 Å².